The lowest BCUT2D eigenvalue weighted by atomic mass is 9.94. The van der Waals surface area contributed by atoms with Gasteiger partial charge in [0.25, 0.3) is 0 Å². The molecule has 0 amide bonds. The predicted molar refractivity (Wildman–Crippen MR) is 107 cm³/mol. The molecule has 0 saturated carbocycles. The Bertz CT molecular complexity index is 240. The fourth-order valence-corrected chi connectivity index (χ4v) is 3.90. The SMILES string of the molecule is C1CCCCN2CCCCCCCCC(CCC1)CNNNNNNN2. The van der Waals surface area contributed by atoms with Gasteiger partial charge < -0.3 is 0 Å². The number of hydrogen-bond donors (Lipinski definition) is 7. The van der Waals surface area contributed by atoms with Crippen molar-refractivity contribution in [3.8, 4) is 0 Å². The van der Waals surface area contributed by atoms with Gasteiger partial charge in [0.05, 0.1) is 0 Å². The number of rotatable bonds is 0. The number of nitrogens with zero attached hydrogens (tertiary/aromatic N) is 1. The highest BCUT2D eigenvalue weighted by molar-refractivity contribution is 4.63. The number of hydrazine groups is 7. The Balaban J connectivity index is 1.87. The highest BCUT2D eigenvalue weighted by Crippen LogP contribution is 2.19. The van der Waals surface area contributed by atoms with Crippen molar-refractivity contribution in [1.29, 1.82) is 0 Å². The third-order valence-electron chi connectivity index (χ3n) is 5.52. The molecule has 7 N–H and O–H groups in total. The Morgan fingerprint density at radius 1 is 0.500 bits per heavy atom. The van der Waals surface area contributed by atoms with E-state index in [1.54, 1.807) is 0 Å². The second-order valence-corrected chi connectivity index (χ2v) is 7.79. The zero-order chi connectivity index (χ0) is 18.1. The molecule has 0 aromatic heterocycles. The zero-order valence-corrected chi connectivity index (χ0v) is 16.5. The van der Waals surface area contributed by atoms with Gasteiger partial charge in [-0.15, -0.1) is 0 Å². The number of nitrogens with one attached hydrogen (secondary N) is 7. The molecule has 0 aromatic carbocycles. The van der Waals surface area contributed by atoms with Gasteiger partial charge >= 0.3 is 0 Å². The van der Waals surface area contributed by atoms with Crippen LogP contribution in [0.4, 0.5) is 0 Å². The molecule has 26 heavy (non-hydrogen) atoms. The summed E-state index contributed by atoms with van der Waals surface area (Å²) >= 11 is 0. The summed E-state index contributed by atoms with van der Waals surface area (Å²) in [6.45, 7) is 3.18. The minimum atomic E-state index is 0.767. The van der Waals surface area contributed by atoms with Gasteiger partial charge in [-0.3, -0.25) is 0 Å². The van der Waals surface area contributed by atoms with Crippen molar-refractivity contribution in [3.05, 3.63) is 0 Å². The van der Waals surface area contributed by atoms with Crippen LogP contribution in [-0.2, 0) is 0 Å². The highest BCUT2D eigenvalue weighted by atomic mass is 15.9. The lowest BCUT2D eigenvalue weighted by Gasteiger charge is -2.24. The summed E-state index contributed by atoms with van der Waals surface area (Å²) in [7, 11) is 0. The summed E-state index contributed by atoms with van der Waals surface area (Å²) in [6, 6.07) is 0. The molecule has 154 valence electrons. The molecule has 0 unspecified atom stereocenters. The quantitative estimate of drug-likeness (QED) is 0.348. The predicted octanol–water partition coefficient (Wildman–Crippen LogP) is 1.93. The Kier molecular flexibility index (Phi) is 13.3. The van der Waals surface area contributed by atoms with Crippen LogP contribution in [0, 0.1) is 5.92 Å². The van der Waals surface area contributed by atoms with Gasteiger partial charge in [-0.25, -0.2) is 10.4 Å². The van der Waals surface area contributed by atoms with Gasteiger partial charge in [-0.1, -0.05) is 64.2 Å². The molecule has 8 nitrogen and oxygen atoms in total. The summed E-state index contributed by atoms with van der Waals surface area (Å²) in [5.74, 6) is 0.767. The van der Waals surface area contributed by atoms with Crippen molar-refractivity contribution in [2.24, 2.45) is 5.92 Å². The van der Waals surface area contributed by atoms with Crippen LogP contribution in [0.15, 0.2) is 0 Å². The molecule has 0 spiro atoms. The molecule has 0 aromatic rings. The molecule has 3 fully saturated rings. The average Bonchev–Trinajstić information content (AvgIpc) is 2.65. The van der Waals surface area contributed by atoms with E-state index in [4.69, 9.17) is 0 Å². The molecular weight excluding hydrogens is 328 g/mol. The number of fused-ring (bicyclic) bond motifs is 21. The summed E-state index contributed by atoms with van der Waals surface area (Å²) < 4.78 is 0. The van der Waals surface area contributed by atoms with E-state index in [1.165, 1.54) is 89.9 Å². The summed E-state index contributed by atoms with van der Waals surface area (Å²) in [6.07, 6.45) is 18.9. The largest absolute Gasteiger partial charge is 0.243 e. The highest BCUT2D eigenvalue weighted by Gasteiger charge is 2.09. The topological polar surface area (TPSA) is 87.5 Å². The van der Waals surface area contributed by atoms with E-state index in [-0.39, 0.29) is 0 Å². The lowest BCUT2D eigenvalue weighted by molar-refractivity contribution is 0.112. The fraction of sp³-hybridized carbons (Fsp3) is 1.00. The van der Waals surface area contributed by atoms with Crippen LogP contribution < -0.4 is 38.6 Å². The first kappa shape index (κ1) is 22.0. The van der Waals surface area contributed by atoms with Crippen molar-refractivity contribution in [2.45, 2.75) is 89.9 Å². The Morgan fingerprint density at radius 2 is 1.00 bits per heavy atom. The zero-order valence-electron chi connectivity index (χ0n) is 16.5. The molecule has 0 radical (unpaired) electrons. The first-order valence-corrected chi connectivity index (χ1v) is 10.9. The maximum Gasteiger partial charge on any atom is 0.0144 e. The maximum absolute atomic E-state index is 3.29. The van der Waals surface area contributed by atoms with Gasteiger partial charge in [0.15, 0.2) is 0 Å². The first-order valence-electron chi connectivity index (χ1n) is 10.9. The Labute approximate surface area is 159 Å². The van der Waals surface area contributed by atoms with Crippen LogP contribution in [0.1, 0.15) is 89.9 Å². The molecular formula is C18H42N8. The third-order valence-corrected chi connectivity index (χ3v) is 5.52. The molecule has 3 saturated heterocycles. The molecule has 3 heterocycles. The van der Waals surface area contributed by atoms with E-state index in [9.17, 15) is 0 Å². The molecule has 0 aliphatic carbocycles. The monoisotopic (exact) mass is 370 g/mol. The summed E-state index contributed by atoms with van der Waals surface area (Å²) in [5.41, 5.74) is 21.2. The van der Waals surface area contributed by atoms with Crippen LogP contribution in [0.2, 0.25) is 0 Å². The molecule has 3 aliphatic rings. The van der Waals surface area contributed by atoms with E-state index >= 15 is 0 Å². The normalized spacial score (nSPS) is 30.5. The average molecular weight is 371 g/mol. The maximum atomic E-state index is 3.29. The first-order chi connectivity index (χ1) is 12.9. The third kappa shape index (κ3) is 11.4. The van der Waals surface area contributed by atoms with Crippen molar-refractivity contribution < 1.29 is 0 Å². The van der Waals surface area contributed by atoms with Gasteiger partial charge in [0.1, 0.15) is 0 Å². The Hall–Kier alpha value is -0.320. The van der Waals surface area contributed by atoms with Crippen LogP contribution in [0.25, 0.3) is 0 Å². The standard InChI is InChI=1S/C18H42N8/c1-3-7-11-15-26-16-12-8-4-2-6-10-14-18(13-9-5-1)17-19-20-21-22-23-24-25-26/h18-25H,1-17H2. The van der Waals surface area contributed by atoms with Crippen molar-refractivity contribution >= 4 is 0 Å². The van der Waals surface area contributed by atoms with Crippen molar-refractivity contribution in [3.63, 3.8) is 0 Å². The van der Waals surface area contributed by atoms with Gasteiger partial charge in [0, 0.05) is 19.6 Å². The van der Waals surface area contributed by atoms with E-state index in [0.29, 0.717) is 0 Å². The van der Waals surface area contributed by atoms with Crippen LogP contribution in [0.5, 0.6) is 0 Å². The van der Waals surface area contributed by atoms with E-state index in [2.05, 4.69) is 43.6 Å². The van der Waals surface area contributed by atoms with Crippen LogP contribution in [0.3, 0.4) is 0 Å². The van der Waals surface area contributed by atoms with Crippen molar-refractivity contribution in [1.82, 2.24) is 43.6 Å². The molecule has 3 rings (SSSR count). The molecule has 3 aliphatic heterocycles. The van der Waals surface area contributed by atoms with E-state index in [1.807, 2.05) is 0 Å². The smallest absolute Gasteiger partial charge is 0.0144 e. The van der Waals surface area contributed by atoms with Crippen LogP contribution >= 0.6 is 0 Å². The molecule has 8 heteroatoms. The van der Waals surface area contributed by atoms with Crippen molar-refractivity contribution in [2.75, 3.05) is 19.6 Å². The minimum absolute atomic E-state index is 0.767. The second kappa shape index (κ2) is 15.7. The summed E-state index contributed by atoms with van der Waals surface area (Å²) in [5, 5.41) is 2.29. The molecule has 2 bridgehead atoms. The Morgan fingerprint density at radius 3 is 1.65 bits per heavy atom. The number of hydrogen-bond acceptors (Lipinski definition) is 8. The molecule has 0 atom stereocenters. The second-order valence-electron chi connectivity index (χ2n) is 7.79. The minimum Gasteiger partial charge on any atom is -0.243 e. The summed E-state index contributed by atoms with van der Waals surface area (Å²) in [4.78, 5) is 0. The lowest BCUT2D eigenvalue weighted by Crippen LogP contribution is -2.63. The van der Waals surface area contributed by atoms with Gasteiger partial charge in [0.2, 0.25) is 0 Å². The van der Waals surface area contributed by atoms with Gasteiger partial charge in [-0.2, -0.15) is 33.2 Å². The van der Waals surface area contributed by atoms with E-state index < -0.39 is 0 Å². The van der Waals surface area contributed by atoms with Gasteiger partial charge in [-0.05, 0) is 31.6 Å². The fourth-order valence-electron chi connectivity index (χ4n) is 3.90. The van der Waals surface area contributed by atoms with E-state index in [0.717, 1.165) is 25.6 Å². The van der Waals surface area contributed by atoms with Crippen LogP contribution in [-0.4, -0.2) is 24.6 Å².